The van der Waals surface area contributed by atoms with Crippen LogP contribution in [-0.2, 0) is 0 Å². The number of carbonyl (C=O) groups excluding carboxylic acids is 1. The normalized spacial score (nSPS) is 23.7. The molecule has 0 spiro atoms. The predicted molar refractivity (Wildman–Crippen MR) is 72.5 cm³/mol. The number of nitrogens with one attached hydrogen (secondary N) is 1. The summed E-state index contributed by atoms with van der Waals surface area (Å²) in [6, 6.07) is 5.21. The largest absolute Gasteiger partial charge is 0.495 e. The van der Waals surface area contributed by atoms with Gasteiger partial charge in [0.05, 0.1) is 12.1 Å². The molecule has 1 aromatic rings. The highest BCUT2D eigenvalue weighted by Gasteiger charge is 2.35. The van der Waals surface area contributed by atoms with E-state index < -0.39 is 0 Å². The predicted octanol–water partition coefficient (Wildman–Crippen LogP) is 2.92. The first-order valence-corrected chi connectivity index (χ1v) is 6.54. The van der Waals surface area contributed by atoms with E-state index in [9.17, 15) is 4.79 Å². The van der Waals surface area contributed by atoms with Crippen LogP contribution in [0.15, 0.2) is 18.2 Å². The molecule has 1 atom stereocenters. The van der Waals surface area contributed by atoms with Gasteiger partial charge in [-0.3, -0.25) is 4.79 Å². The van der Waals surface area contributed by atoms with Gasteiger partial charge >= 0.3 is 0 Å². The van der Waals surface area contributed by atoms with E-state index in [2.05, 4.69) is 5.32 Å². The maximum absolute atomic E-state index is 12.6. The molecule has 0 bridgehead atoms. The molecule has 18 heavy (non-hydrogen) atoms. The summed E-state index contributed by atoms with van der Waals surface area (Å²) < 4.78 is 5.16. The Morgan fingerprint density at radius 2 is 2.28 bits per heavy atom. The molecule has 4 heteroatoms. The zero-order valence-electron chi connectivity index (χ0n) is 10.8. The molecule has 1 fully saturated rings. The summed E-state index contributed by atoms with van der Waals surface area (Å²) in [4.78, 5) is 12.6. The van der Waals surface area contributed by atoms with Gasteiger partial charge in [-0.25, -0.2) is 0 Å². The average molecular weight is 268 g/mol. The number of halogens is 1. The smallest absolute Gasteiger partial charge is 0.170 e. The number of piperidine rings is 1. The molecule has 1 aromatic carbocycles. The van der Waals surface area contributed by atoms with Crippen LogP contribution in [0.5, 0.6) is 5.75 Å². The highest BCUT2D eigenvalue weighted by atomic mass is 35.5. The number of carbonyl (C=O) groups is 1. The lowest BCUT2D eigenvalue weighted by molar-refractivity contribution is 0.0772. The summed E-state index contributed by atoms with van der Waals surface area (Å²) in [6.45, 7) is 3.74. The second kappa shape index (κ2) is 5.29. The molecule has 2 rings (SSSR count). The fourth-order valence-electron chi connectivity index (χ4n) is 2.40. The van der Waals surface area contributed by atoms with Crippen LogP contribution in [0.3, 0.4) is 0 Å². The quantitative estimate of drug-likeness (QED) is 0.856. The van der Waals surface area contributed by atoms with E-state index >= 15 is 0 Å². The van der Waals surface area contributed by atoms with Gasteiger partial charge in [0.2, 0.25) is 0 Å². The zero-order valence-corrected chi connectivity index (χ0v) is 11.5. The summed E-state index contributed by atoms with van der Waals surface area (Å²) in [6.07, 6.45) is 1.96. The van der Waals surface area contributed by atoms with Crippen molar-refractivity contribution < 1.29 is 9.53 Å². The number of Topliss-reactive ketones (excluding diaryl/α,β-unsaturated/α-hetero) is 1. The zero-order chi connectivity index (χ0) is 13.2. The molecule has 3 nitrogen and oxygen atoms in total. The first-order chi connectivity index (χ1) is 8.57. The van der Waals surface area contributed by atoms with Gasteiger partial charge in [-0.15, -0.1) is 0 Å². The minimum Gasteiger partial charge on any atom is -0.495 e. The van der Waals surface area contributed by atoms with Crippen molar-refractivity contribution >= 4 is 17.4 Å². The lowest BCUT2D eigenvalue weighted by Gasteiger charge is -2.32. The van der Waals surface area contributed by atoms with Crippen LogP contribution in [0.1, 0.15) is 30.1 Å². The van der Waals surface area contributed by atoms with Crippen molar-refractivity contribution in [3.63, 3.8) is 0 Å². The van der Waals surface area contributed by atoms with Crippen LogP contribution in [0.25, 0.3) is 0 Å². The van der Waals surface area contributed by atoms with E-state index in [1.165, 1.54) is 0 Å². The third-order valence-electron chi connectivity index (χ3n) is 3.56. The van der Waals surface area contributed by atoms with Crippen LogP contribution in [0, 0.1) is 5.41 Å². The van der Waals surface area contributed by atoms with Gasteiger partial charge in [-0.05, 0) is 37.6 Å². The molecule has 1 heterocycles. The van der Waals surface area contributed by atoms with E-state index in [0.717, 1.165) is 25.9 Å². The van der Waals surface area contributed by atoms with Gasteiger partial charge in [0, 0.05) is 17.5 Å². The third kappa shape index (κ3) is 2.52. The van der Waals surface area contributed by atoms with Crippen LogP contribution < -0.4 is 10.1 Å². The van der Waals surface area contributed by atoms with E-state index in [0.29, 0.717) is 16.3 Å². The Bertz CT molecular complexity index is 453. The lowest BCUT2D eigenvalue weighted by Crippen LogP contribution is -2.43. The summed E-state index contributed by atoms with van der Waals surface area (Å²) in [7, 11) is 1.55. The molecule has 0 radical (unpaired) electrons. The van der Waals surface area contributed by atoms with Crippen LogP contribution >= 0.6 is 11.6 Å². The number of ether oxygens (including phenoxy) is 1. The van der Waals surface area contributed by atoms with Crippen molar-refractivity contribution in [1.29, 1.82) is 0 Å². The molecule has 0 aliphatic carbocycles. The van der Waals surface area contributed by atoms with Gasteiger partial charge in [0.25, 0.3) is 0 Å². The van der Waals surface area contributed by atoms with Crippen molar-refractivity contribution in [2.24, 2.45) is 5.41 Å². The molecule has 0 aromatic heterocycles. The van der Waals surface area contributed by atoms with Gasteiger partial charge < -0.3 is 10.1 Å². The van der Waals surface area contributed by atoms with Crippen LogP contribution in [-0.4, -0.2) is 26.0 Å². The van der Waals surface area contributed by atoms with Crippen molar-refractivity contribution in [3.05, 3.63) is 28.8 Å². The number of hydrogen-bond donors (Lipinski definition) is 1. The number of rotatable bonds is 3. The molecule has 1 N–H and O–H groups in total. The van der Waals surface area contributed by atoms with Gasteiger partial charge in [0.15, 0.2) is 5.78 Å². The lowest BCUT2D eigenvalue weighted by atomic mass is 9.76. The molecule has 0 amide bonds. The van der Waals surface area contributed by atoms with Crippen LogP contribution in [0.4, 0.5) is 0 Å². The molecule has 1 aliphatic rings. The van der Waals surface area contributed by atoms with Gasteiger partial charge in [-0.2, -0.15) is 0 Å². The topological polar surface area (TPSA) is 38.3 Å². The van der Waals surface area contributed by atoms with Gasteiger partial charge in [-0.1, -0.05) is 18.5 Å². The van der Waals surface area contributed by atoms with Crippen molar-refractivity contribution in [3.8, 4) is 5.75 Å². The monoisotopic (exact) mass is 267 g/mol. The molecule has 1 unspecified atom stereocenters. The van der Waals surface area contributed by atoms with Crippen molar-refractivity contribution in [2.45, 2.75) is 19.8 Å². The van der Waals surface area contributed by atoms with Crippen LogP contribution in [0.2, 0.25) is 5.02 Å². The maximum Gasteiger partial charge on any atom is 0.170 e. The average Bonchev–Trinajstić information content (AvgIpc) is 2.39. The Hall–Kier alpha value is -1.06. The third-order valence-corrected chi connectivity index (χ3v) is 3.87. The highest BCUT2D eigenvalue weighted by molar-refractivity contribution is 6.32. The fourth-order valence-corrected chi connectivity index (χ4v) is 2.59. The first-order valence-electron chi connectivity index (χ1n) is 6.16. The molecular weight excluding hydrogens is 250 g/mol. The Kier molecular flexibility index (Phi) is 3.93. The molecular formula is C14H18ClNO2. The maximum atomic E-state index is 12.6. The standard InChI is InChI=1S/C14H18ClNO2/c1-14(6-3-7-16-9-14)13(17)10-4-5-11(15)12(8-10)18-2/h4-5,8,16H,3,6-7,9H2,1-2H3. The van der Waals surface area contributed by atoms with Gasteiger partial charge in [0.1, 0.15) is 5.75 Å². The number of ketones is 1. The second-order valence-electron chi connectivity index (χ2n) is 5.02. The summed E-state index contributed by atoms with van der Waals surface area (Å²) in [5.74, 6) is 0.708. The van der Waals surface area contributed by atoms with E-state index in [1.807, 2.05) is 6.92 Å². The van der Waals surface area contributed by atoms with E-state index in [1.54, 1.807) is 25.3 Å². The number of methoxy groups -OCH3 is 1. The minimum atomic E-state index is -0.322. The van der Waals surface area contributed by atoms with E-state index in [-0.39, 0.29) is 11.2 Å². The Morgan fingerprint density at radius 1 is 1.50 bits per heavy atom. The summed E-state index contributed by atoms with van der Waals surface area (Å²) in [5, 5.41) is 3.82. The molecule has 98 valence electrons. The van der Waals surface area contributed by atoms with E-state index in [4.69, 9.17) is 16.3 Å². The molecule has 1 saturated heterocycles. The number of benzene rings is 1. The molecule has 1 aliphatic heterocycles. The molecule has 0 saturated carbocycles. The summed E-state index contributed by atoms with van der Waals surface area (Å²) >= 11 is 5.97. The second-order valence-corrected chi connectivity index (χ2v) is 5.43. The highest BCUT2D eigenvalue weighted by Crippen LogP contribution is 2.32. The Morgan fingerprint density at radius 3 is 2.89 bits per heavy atom. The Labute approximate surface area is 112 Å². The van der Waals surface area contributed by atoms with Crippen molar-refractivity contribution in [1.82, 2.24) is 5.32 Å². The van der Waals surface area contributed by atoms with Crippen molar-refractivity contribution in [2.75, 3.05) is 20.2 Å². The summed E-state index contributed by atoms with van der Waals surface area (Å²) in [5.41, 5.74) is 0.347. The first kappa shape index (κ1) is 13.4. The SMILES string of the molecule is COc1cc(C(=O)C2(C)CCCNC2)ccc1Cl. The Balaban J connectivity index is 2.27. The minimum absolute atomic E-state index is 0.157. The number of hydrogen-bond acceptors (Lipinski definition) is 3. The fraction of sp³-hybridized carbons (Fsp3) is 0.500.